The van der Waals surface area contributed by atoms with E-state index in [0.29, 0.717) is 12.8 Å². The third-order valence-electron chi connectivity index (χ3n) is 5.98. The monoisotopic (exact) mass is 465 g/mol. The summed E-state index contributed by atoms with van der Waals surface area (Å²) in [5.41, 5.74) is 2.79. The molecular weight excluding hydrogens is 434 g/mol. The van der Waals surface area contributed by atoms with Gasteiger partial charge in [0.25, 0.3) is 5.91 Å². The molecule has 180 valence electrons. The molecule has 34 heavy (non-hydrogen) atoms. The second kappa shape index (κ2) is 12.1. The number of nitrogens with one attached hydrogen (secondary N) is 2. The fraction of sp³-hybridized carbons (Fsp3) is 0.423. The zero-order valence-electron chi connectivity index (χ0n) is 19.6. The Morgan fingerprint density at radius 1 is 1.15 bits per heavy atom. The molecule has 2 N–H and O–H groups in total. The van der Waals surface area contributed by atoms with Crippen LogP contribution in [0.5, 0.6) is 0 Å². The number of rotatable bonds is 7. The molecule has 8 nitrogen and oxygen atoms in total. The van der Waals surface area contributed by atoms with Crippen LogP contribution < -0.4 is 10.6 Å². The van der Waals surface area contributed by atoms with Crippen LogP contribution in [-0.4, -0.2) is 34.6 Å². The Balaban J connectivity index is 1.62. The zero-order valence-corrected chi connectivity index (χ0v) is 19.6. The van der Waals surface area contributed by atoms with Crippen LogP contribution >= 0.6 is 0 Å². The summed E-state index contributed by atoms with van der Waals surface area (Å²) in [6, 6.07) is 10.3. The number of aromatic nitrogens is 1. The van der Waals surface area contributed by atoms with Gasteiger partial charge in [0.15, 0.2) is 5.78 Å². The van der Waals surface area contributed by atoms with E-state index in [4.69, 9.17) is 4.74 Å². The number of alkyl carbamates (subject to hydrolysis) is 1. The molecule has 1 aliphatic heterocycles. The van der Waals surface area contributed by atoms with Crippen molar-refractivity contribution in [1.29, 1.82) is 0 Å². The fourth-order valence-electron chi connectivity index (χ4n) is 4.05. The van der Waals surface area contributed by atoms with E-state index < -0.39 is 29.7 Å². The van der Waals surface area contributed by atoms with Crippen molar-refractivity contribution < 1.29 is 23.9 Å². The molecule has 8 heteroatoms. The molecule has 2 aromatic rings. The topological polar surface area (TPSA) is 114 Å². The highest BCUT2D eigenvalue weighted by molar-refractivity contribution is 6.37. The van der Waals surface area contributed by atoms with Crippen LogP contribution in [0.1, 0.15) is 49.8 Å². The molecule has 0 saturated carbocycles. The molecule has 2 unspecified atom stereocenters. The highest BCUT2D eigenvalue weighted by Gasteiger charge is 2.32. The van der Waals surface area contributed by atoms with E-state index in [1.165, 1.54) is 0 Å². The summed E-state index contributed by atoms with van der Waals surface area (Å²) in [5, 5.41) is 5.28. The van der Waals surface area contributed by atoms with Crippen molar-refractivity contribution in [3.8, 4) is 0 Å². The third kappa shape index (κ3) is 6.97. The normalized spacial score (nSPS) is 17.3. The average Bonchev–Trinajstić information content (AvgIpc) is 2.84. The number of ether oxygens (including phenoxy) is 1. The molecule has 1 aromatic heterocycles. The Labute approximate surface area is 199 Å². The first-order valence-electron chi connectivity index (χ1n) is 11.6. The number of benzene rings is 1. The summed E-state index contributed by atoms with van der Waals surface area (Å²) in [6.45, 7) is 3.93. The maximum atomic E-state index is 13.1. The zero-order chi connectivity index (χ0) is 24.5. The molecular formula is C26H31N3O5. The van der Waals surface area contributed by atoms with Crippen LogP contribution in [0.25, 0.3) is 0 Å². The van der Waals surface area contributed by atoms with Crippen molar-refractivity contribution in [1.82, 2.24) is 15.6 Å². The van der Waals surface area contributed by atoms with Crippen molar-refractivity contribution in [2.75, 3.05) is 0 Å². The lowest BCUT2D eigenvalue weighted by Crippen LogP contribution is -2.46. The number of Topliss-reactive ketones (excluding diaryl/α,β-unsaturated/α-hetero) is 2. The van der Waals surface area contributed by atoms with Gasteiger partial charge in [0, 0.05) is 31.3 Å². The molecule has 0 radical (unpaired) electrons. The number of ketones is 2. The smallest absolute Gasteiger partial charge is 0.408 e. The first-order chi connectivity index (χ1) is 16.3. The second-order valence-corrected chi connectivity index (χ2v) is 8.88. The SMILES string of the molecule is CC(C)C(NC(=O)OCc1ccccc1)C(=O)CC1CCCc2ccncc2CNC(=O)C1=O. The van der Waals surface area contributed by atoms with Gasteiger partial charge in [-0.05, 0) is 47.9 Å². The van der Waals surface area contributed by atoms with Gasteiger partial charge in [-0.3, -0.25) is 19.4 Å². The molecule has 2 atom stereocenters. The summed E-state index contributed by atoms with van der Waals surface area (Å²) >= 11 is 0. The molecule has 3 rings (SSSR count). The Morgan fingerprint density at radius 2 is 1.91 bits per heavy atom. The van der Waals surface area contributed by atoms with E-state index in [-0.39, 0.29) is 31.3 Å². The number of hydrogen-bond acceptors (Lipinski definition) is 6. The number of pyridine rings is 1. The van der Waals surface area contributed by atoms with Gasteiger partial charge < -0.3 is 15.4 Å². The van der Waals surface area contributed by atoms with Crippen molar-refractivity contribution >= 4 is 23.6 Å². The van der Waals surface area contributed by atoms with Gasteiger partial charge in [0.05, 0.1) is 6.04 Å². The molecule has 2 heterocycles. The maximum absolute atomic E-state index is 13.1. The number of fused-ring (bicyclic) bond motifs is 1. The quantitative estimate of drug-likeness (QED) is 0.607. The average molecular weight is 466 g/mol. The van der Waals surface area contributed by atoms with Crippen LogP contribution in [0.3, 0.4) is 0 Å². The molecule has 0 spiro atoms. The summed E-state index contributed by atoms with van der Waals surface area (Å²) in [6.07, 6.45) is 4.37. The molecule has 0 aliphatic carbocycles. The van der Waals surface area contributed by atoms with E-state index in [1.54, 1.807) is 12.4 Å². The Kier molecular flexibility index (Phi) is 8.90. The lowest BCUT2D eigenvalue weighted by molar-refractivity contribution is -0.141. The van der Waals surface area contributed by atoms with Gasteiger partial charge in [-0.1, -0.05) is 44.2 Å². The van der Waals surface area contributed by atoms with Gasteiger partial charge in [-0.25, -0.2) is 4.79 Å². The number of hydrogen-bond donors (Lipinski definition) is 2. The van der Waals surface area contributed by atoms with Crippen LogP contribution in [0.15, 0.2) is 48.8 Å². The Bertz CT molecular complexity index is 1020. The van der Waals surface area contributed by atoms with Gasteiger partial charge >= 0.3 is 6.09 Å². The number of amides is 2. The van der Waals surface area contributed by atoms with E-state index in [0.717, 1.165) is 23.1 Å². The Morgan fingerprint density at radius 3 is 2.65 bits per heavy atom. The predicted molar refractivity (Wildman–Crippen MR) is 126 cm³/mol. The van der Waals surface area contributed by atoms with Crippen LogP contribution in [0, 0.1) is 11.8 Å². The lowest BCUT2D eigenvalue weighted by Gasteiger charge is -2.24. The summed E-state index contributed by atoms with van der Waals surface area (Å²) < 4.78 is 5.25. The first-order valence-corrected chi connectivity index (χ1v) is 11.6. The van der Waals surface area contributed by atoms with Crippen LogP contribution in [-0.2, 0) is 38.7 Å². The fourth-order valence-corrected chi connectivity index (χ4v) is 4.05. The lowest BCUT2D eigenvalue weighted by atomic mass is 9.86. The second-order valence-electron chi connectivity index (χ2n) is 8.88. The van der Waals surface area contributed by atoms with E-state index in [9.17, 15) is 19.2 Å². The molecule has 2 amide bonds. The summed E-state index contributed by atoms with van der Waals surface area (Å²) in [5.74, 6) is -2.54. The minimum absolute atomic E-state index is 0.0873. The van der Waals surface area contributed by atoms with Gasteiger partial charge in [-0.15, -0.1) is 0 Å². The minimum Gasteiger partial charge on any atom is -0.445 e. The van der Waals surface area contributed by atoms with Crippen molar-refractivity contribution in [3.63, 3.8) is 0 Å². The molecule has 0 saturated heterocycles. The summed E-state index contributed by atoms with van der Waals surface area (Å²) in [7, 11) is 0. The first kappa shape index (κ1) is 25.1. The maximum Gasteiger partial charge on any atom is 0.408 e. The van der Waals surface area contributed by atoms with Crippen molar-refractivity contribution in [2.45, 2.75) is 58.7 Å². The highest BCUT2D eigenvalue weighted by atomic mass is 16.5. The molecule has 1 aliphatic rings. The molecule has 1 aromatic carbocycles. The summed E-state index contributed by atoms with van der Waals surface area (Å²) in [4.78, 5) is 54.8. The van der Waals surface area contributed by atoms with E-state index >= 15 is 0 Å². The number of carbonyl (C=O) groups excluding carboxylic acids is 4. The highest BCUT2D eigenvalue weighted by Crippen LogP contribution is 2.21. The number of nitrogens with zero attached hydrogens (tertiary/aromatic N) is 1. The van der Waals surface area contributed by atoms with Crippen LogP contribution in [0.2, 0.25) is 0 Å². The third-order valence-corrected chi connectivity index (χ3v) is 5.98. The molecule has 0 fully saturated rings. The molecule has 0 bridgehead atoms. The van der Waals surface area contributed by atoms with Gasteiger partial charge in [0.2, 0.25) is 5.78 Å². The number of carbonyl (C=O) groups is 4. The minimum atomic E-state index is -0.818. The standard InChI is InChI=1S/C26H31N3O5/c1-17(2)23(29-26(33)34-16-18-7-4-3-5-8-18)22(30)13-20-10-6-9-19-11-12-27-14-21(19)15-28-25(32)24(20)31/h3-5,7-8,11-12,14,17,20,23H,6,9-10,13,15-16H2,1-2H3,(H,28,32)(H,29,33). The van der Waals surface area contributed by atoms with Gasteiger partial charge in [0.1, 0.15) is 6.61 Å². The van der Waals surface area contributed by atoms with Crippen molar-refractivity contribution in [3.05, 3.63) is 65.5 Å². The van der Waals surface area contributed by atoms with E-state index in [1.807, 2.05) is 50.2 Å². The van der Waals surface area contributed by atoms with Crippen LogP contribution in [0.4, 0.5) is 4.79 Å². The Hall–Kier alpha value is -3.55. The largest absolute Gasteiger partial charge is 0.445 e. The van der Waals surface area contributed by atoms with E-state index in [2.05, 4.69) is 15.6 Å². The van der Waals surface area contributed by atoms with Gasteiger partial charge in [-0.2, -0.15) is 0 Å². The predicted octanol–water partition coefficient (Wildman–Crippen LogP) is 3.13. The van der Waals surface area contributed by atoms with Crippen molar-refractivity contribution in [2.24, 2.45) is 11.8 Å². The number of aryl methyl sites for hydroxylation is 1.